The highest BCUT2D eigenvalue weighted by atomic mass is 15.2. The zero-order valence-electron chi connectivity index (χ0n) is 7.51. The Morgan fingerprint density at radius 3 is 2.82 bits per heavy atom. The van der Waals surface area contributed by atoms with Crippen LogP contribution in [0.1, 0.15) is 20.3 Å². The van der Waals surface area contributed by atoms with Crippen molar-refractivity contribution in [3.63, 3.8) is 0 Å². The minimum Gasteiger partial charge on any atom is -0.312 e. The number of rotatable bonds is 1. The summed E-state index contributed by atoms with van der Waals surface area (Å²) in [4.78, 5) is 2.58. The van der Waals surface area contributed by atoms with Crippen molar-refractivity contribution < 1.29 is 0 Å². The van der Waals surface area contributed by atoms with Gasteiger partial charge in [-0.1, -0.05) is 0 Å². The molecule has 0 amide bonds. The summed E-state index contributed by atoms with van der Waals surface area (Å²) >= 11 is 0. The second-order valence-electron chi connectivity index (χ2n) is 4.16. The molecule has 11 heavy (non-hydrogen) atoms. The molecule has 64 valence electrons. The van der Waals surface area contributed by atoms with E-state index in [2.05, 4.69) is 24.1 Å². The van der Waals surface area contributed by atoms with Crippen LogP contribution < -0.4 is 5.32 Å². The van der Waals surface area contributed by atoms with Gasteiger partial charge in [0, 0.05) is 25.2 Å². The Morgan fingerprint density at radius 1 is 1.36 bits per heavy atom. The molecule has 0 spiro atoms. The van der Waals surface area contributed by atoms with Crippen LogP contribution in [0, 0.1) is 5.92 Å². The second kappa shape index (κ2) is 2.76. The maximum absolute atomic E-state index is 3.56. The van der Waals surface area contributed by atoms with E-state index in [0.717, 1.165) is 18.0 Å². The zero-order chi connectivity index (χ0) is 7.84. The van der Waals surface area contributed by atoms with Gasteiger partial charge in [-0.2, -0.15) is 0 Å². The Bertz CT molecular complexity index is 132. The van der Waals surface area contributed by atoms with Gasteiger partial charge in [0.25, 0.3) is 0 Å². The van der Waals surface area contributed by atoms with Crippen LogP contribution in [0.5, 0.6) is 0 Å². The van der Waals surface area contributed by atoms with Gasteiger partial charge in [-0.15, -0.1) is 0 Å². The van der Waals surface area contributed by atoms with Crippen LogP contribution >= 0.6 is 0 Å². The van der Waals surface area contributed by atoms with Gasteiger partial charge in [0.1, 0.15) is 0 Å². The molecule has 2 nitrogen and oxygen atoms in total. The number of nitrogens with one attached hydrogen (secondary N) is 1. The summed E-state index contributed by atoms with van der Waals surface area (Å²) in [5.74, 6) is 0.956. The van der Waals surface area contributed by atoms with E-state index in [-0.39, 0.29) is 0 Å². The lowest BCUT2D eigenvalue weighted by molar-refractivity contribution is 0.257. The van der Waals surface area contributed by atoms with Crippen LogP contribution in [0.3, 0.4) is 0 Å². The summed E-state index contributed by atoms with van der Waals surface area (Å²) in [6.07, 6.45) is 1.40. The topological polar surface area (TPSA) is 15.3 Å². The molecule has 2 unspecified atom stereocenters. The van der Waals surface area contributed by atoms with Gasteiger partial charge in [-0.3, -0.25) is 4.90 Å². The van der Waals surface area contributed by atoms with E-state index in [1.54, 1.807) is 0 Å². The van der Waals surface area contributed by atoms with Crippen LogP contribution in [-0.4, -0.2) is 36.6 Å². The van der Waals surface area contributed by atoms with Gasteiger partial charge >= 0.3 is 0 Å². The average molecular weight is 154 g/mol. The molecule has 2 rings (SSSR count). The average Bonchev–Trinajstić information content (AvgIpc) is 2.40. The third-order valence-corrected chi connectivity index (χ3v) is 3.12. The van der Waals surface area contributed by atoms with E-state index < -0.39 is 0 Å². The molecule has 0 saturated carbocycles. The van der Waals surface area contributed by atoms with Gasteiger partial charge in [0.2, 0.25) is 0 Å². The maximum atomic E-state index is 3.56. The molecule has 0 aromatic carbocycles. The van der Waals surface area contributed by atoms with E-state index in [1.807, 2.05) is 0 Å². The summed E-state index contributed by atoms with van der Waals surface area (Å²) in [5.41, 5.74) is 0. The number of nitrogens with zero attached hydrogens (tertiary/aromatic N) is 1. The third-order valence-electron chi connectivity index (χ3n) is 3.12. The molecule has 2 saturated heterocycles. The van der Waals surface area contributed by atoms with Crippen LogP contribution in [0.25, 0.3) is 0 Å². The van der Waals surface area contributed by atoms with Crippen molar-refractivity contribution >= 4 is 0 Å². The minimum absolute atomic E-state index is 0.738. The van der Waals surface area contributed by atoms with Gasteiger partial charge in [-0.05, 0) is 32.7 Å². The fourth-order valence-electron chi connectivity index (χ4n) is 2.30. The summed E-state index contributed by atoms with van der Waals surface area (Å²) in [6, 6.07) is 1.56. The highest BCUT2D eigenvalue weighted by Crippen LogP contribution is 2.25. The van der Waals surface area contributed by atoms with Crippen molar-refractivity contribution in [2.24, 2.45) is 5.92 Å². The van der Waals surface area contributed by atoms with Gasteiger partial charge in [0.05, 0.1) is 0 Å². The molecule has 0 bridgehead atoms. The highest BCUT2D eigenvalue weighted by molar-refractivity contribution is 4.94. The van der Waals surface area contributed by atoms with E-state index in [4.69, 9.17) is 0 Å². The molecular weight excluding hydrogens is 136 g/mol. The quantitative estimate of drug-likeness (QED) is 0.598. The normalized spacial score (nSPS) is 38.5. The van der Waals surface area contributed by atoms with Crippen molar-refractivity contribution in [1.82, 2.24) is 10.2 Å². The molecule has 0 aromatic rings. The molecule has 2 heterocycles. The second-order valence-corrected chi connectivity index (χ2v) is 4.16. The van der Waals surface area contributed by atoms with Gasteiger partial charge in [0.15, 0.2) is 0 Å². The minimum atomic E-state index is 0.738. The van der Waals surface area contributed by atoms with Crippen molar-refractivity contribution in [3.8, 4) is 0 Å². The predicted molar refractivity (Wildman–Crippen MR) is 46.6 cm³/mol. The first-order valence-corrected chi connectivity index (χ1v) is 4.75. The molecule has 1 N–H and O–H groups in total. The van der Waals surface area contributed by atoms with Crippen molar-refractivity contribution in [2.45, 2.75) is 32.4 Å². The molecule has 2 atom stereocenters. The summed E-state index contributed by atoms with van der Waals surface area (Å²) < 4.78 is 0. The summed E-state index contributed by atoms with van der Waals surface area (Å²) in [6.45, 7) is 8.45. The van der Waals surface area contributed by atoms with Crippen LogP contribution in [-0.2, 0) is 0 Å². The lowest BCUT2D eigenvalue weighted by Gasteiger charge is -2.20. The number of hydrogen-bond donors (Lipinski definition) is 1. The van der Waals surface area contributed by atoms with Gasteiger partial charge < -0.3 is 5.32 Å². The van der Waals surface area contributed by atoms with Crippen LogP contribution in [0.2, 0.25) is 0 Å². The standard InChI is InChI=1S/C9H18N2/c1-7(2)11-5-8-3-4-10-9(8)6-11/h7-10H,3-6H2,1-2H3. The van der Waals surface area contributed by atoms with E-state index >= 15 is 0 Å². The van der Waals surface area contributed by atoms with E-state index in [1.165, 1.54) is 26.1 Å². The Balaban J connectivity index is 1.94. The molecular formula is C9H18N2. The first-order chi connectivity index (χ1) is 5.27. The summed E-state index contributed by atoms with van der Waals surface area (Å²) in [7, 11) is 0. The van der Waals surface area contributed by atoms with Crippen LogP contribution in [0.4, 0.5) is 0 Å². The SMILES string of the molecule is CC(C)N1CC2CCNC2C1. The molecule has 2 aliphatic rings. The molecule has 0 aliphatic carbocycles. The Morgan fingerprint density at radius 2 is 2.18 bits per heavy atom. The molecule has 0 radical (unpaired) electrons. The molecule has 2 fully saturated rings. The first kappa shape index (κ1) is 7.56. The van der Waals surface area contributed by atoms with Gasteiger partial charge in [-0.25, -0.2) is 0 Å². The van der Waals surface area contributed by atoms with Crippen molar-refractivity contribution in [3.05, 3.63) is 0 Å². The largest absolute Gasteiger partial charge is 0.312 e. The molecule has 2 aliphatic heterocycles. The smallest absolute Gasteiger partial charge is 0.0236 e. The Hall–Kier alpha value is -0.0800. The lowest BCUT2D eigenvalue weighted by atomic mass is 10.1. The predicted octanol–water partition coefficient (Wildman–Crippen LogP) is 0.688. The monoisotopic (exact) mass is 154 g/mol. The Labute approximate surface area is 69.0 Å². The summed E-state index contributed by atoms with van der Waals surface area (Å²) in [5, 5.41) is 3.56. The maximum Gasteiger partial charge on any atom is 0.0236 e. The van der Waals surface area contributed by atoms with Crippen molar-refractivity contribution in [1.29, 1.82) is 0 Å². The number of likely N-dealkylation sites (tertiary alicyclic amines) is 1. The first-order valence-electron chi connectivity index (χ1n) is 4.75. The fraction of sp³-hybridized carbons (Fsp3) is 1.00. The number of hydrogen-bond acceptors (Lipinski definition) is 2. The fourth-order valence-corrected chi connectivity index (χ4v) is 2.30. The third kappa shape index (κ3) is 1.30. The van der Waals surface area contributed by atoms with Crippen molar-refractivity contribution in [2.75, 3.05) is 19.6 Å². The highest BCUT2D eigenvalue weighted by Gasteiger charge is 2.36. The Kier molecular flexibility index (Phi) is 1.90. The van der Waals surface area contributed by atoms with E-state index in [0.29, 0.717) is 0 Å². The number of fused-ring (bicyclic) bond motifs is 1. The molecule has 2 heteroatoms. The zero-order valence-corrected chi connectivity index (χ0v) is 7.51. The van der Waals surface area contributed by atoms with Crippen LogP contribution in [0.15, 0.2) is 0 Å². The lowest BCUT2D eigenvalue weighted by Crippen LogP contribution is -2.33. The molecule has 0 aromatic heterocycles. The van der Waals surface area contributed by atoms with E-state index in [9.17, 15) is 0 Å².